The zero-order valence-corrected chi connectivity index (χ0v) is 7.57. The number of nitrogens with zero attached hydrogens (tertiary/aromatic N) is 2. The maximum absolute atomic E-state index is 8.70. The Morgan fingerprint density at radius 3 is 2.46 bits per heavy atom. The second-order valence-electron chi connectivity index (χ2n) is 2.80. The van der Waals surface area contributed by atoms with Crippen LogP contribution >= 0.6 is 0 Å². The third-order valence-electron chi connectivity index (χ3n) is 1.87. The highest BCUT2D eigenvalue weighted by Gasteiger charge is 1.98. The molecule has 0 aliphatic heterocycles. The van der Waals surface area contributed by atoms with Gasteiger partial charge in [0.1, 0.15) is 0 Å². The molecule has 0 unspecified atom stereocenters. The minimum atomic E-state index is 0.135. The van der Waals surface area contributed by atoms with Gasteiger partial charge in [-0.15, -0.1) is 0 Å². The summed E-state index contributed by atoms with van der Waals surface area (Å²) in [6, 6.07) is 9.33. The summed E-state index contributed by atoms with van der Waals surface area (Å²) in [5, 5.41) is 17.3. The molecule has 0 amide bonds. The number of likely N-dealkylation sites (N-methyl/N-ethyl adjacent to an activating group) is 1. The van der Waals surface area contributed by atoms with E-state index in [4.69, 9.17) is 10.4 Å². The quantitative estimate of drug-likeness (QED) is 0.747. The first-order valence-corrected chi connectivity index (χ1v) is 4.10. The summed E-state index contributed by atoms with van der Waals surface area (Å²) in [5.41, 5.74) is 1.66. The molecule has 1 N–H and O–H groups in total. The summed E-state index contributed by atoms with van der Waals surface area (Å²) in [6.45, 7) is 0.738. The molecule has 0 aliphatic carbocycles. The molecular weight excluding hydrogens is 164 g/mol. The minimum absolute atomic E-state index is 0.135. The van der Waals surface area contributed by atoms with Crippen molar-refractivity contribution in [2.45, 2.75) is 0 Å². The predicted molar refractivity (Wildman–Crippen MR) is 51.5 cm³/mol. The van der Waals surface area contributed by atoms with Crippen molar-refractivity contribution in [1.29, 1.82) is 5.26 Å². The monoisotopic (exact) mass is 176 g/mol. The van der Waals surface area contributed by atoms with Crippen molar-refractivity contribution in [3.63, 3.8) is 0 Å². The highest BCUT2D eigenvalue weighted by Crippen LogP contribution is 2.12. The van der Waals surface area contributed by atoms with Crippen molar-refractivity contribution in [3.05, 3.63) is 29.8 Å². The number of aliphatic hydroxyl groups excluding tert-OH is 1. The van der Waals surface area contributed by atoms with E-state index >= 15 is 0 Å². The molecule has 1 aromatic carbocycles. The molecule has 68 valence electrons. The van der Waals surface area contributed by atoms with Crippen molar-refractivity contribution >= 4 is 5.69 Å². The number of rotatable bonds is 3. The van der Waals surface area contributed by atoms with Crippen LogP contribution in [0.4, 0.5) is 5.69 Å². The van der Waals surface area contributed by atoms with Crippen LogP contribution in [0.25, 0.3) is 0 Å². The van der Waals surface area contributed by atoms with Gasteiger partial charge in [0, 0.05) is 19.3 Å². The fourth-order valence-corrected chi connectivity index (χ4v) is 1.07. The molecule has 0 saturated heterocycles. The van der Waals surface area contributed by atoms with Crippen LogP contribution in [0.5, 0.6) is 0 Å². The molecule has 13 heavy (non-hydrogen) atoms. The Morgan fingerprint density at radius 2 is 2.00 bits per heavy atom. The summed E-state index contributed by atoms with van der Waals surface area (Å²) in [7, 11) is 1.90. The van der Waals surface area contributed by atoms with E-state index in [-0.39, 0.29) is 6.61 Å². The second kappa shape index (κ2) is 4.48. The van der Waals surface area contributed by atoms with Gasteiger partial charge < -0.3 is 10.0 Å². The van der Waals surface area contributed by atoms with Crippen LogP contribution in [-0.4, -0.2) is 25.3 Å². The molecule has 0 heterocycles. The maximum Gasteiger partial charge on any atom is 0.0991 e. The van der Waals surface area contributed by atoms with Crippen LogP contribution in [0, 0.1) is 11.3 Å². The van der Waals surface area contributed by atoms with Crippen LogP contribution in [0.2, 0.25) is 0 Å². The summed E-state index contributed by atoms with van der Waals surface area (Å²) >= 11 is 0. The lowest BCUT2D eigenvalue weighted by molar-refractivity contribution is 0.304. The number of benzene rings is 1. The van der Waals surface area contributed by atoms with Gasteiger partial charge >= 0.3 is 0 Å². The molecule has 3 heteroatoms. The van der Waals surface area contributed by atoms with Crippen LogP contribution in [0.15, 0.2) is 24.3 Å². The Hall–Kier alpha value is -1.53. The average molecular weight is 176 g/mol. The first-order chi connectivity index (χ1) is 6.27. The van der Waals surface area contributed by atoms with Gasteiger partial charge in [-0.2, -0.15) is 5.26 Å². The topological polar surface area (TPSA) is 47.3 Å². The van der Waals surface area contributed by atoms with E-state index in [1.54, 1.807) is 12.1 Å². The van der Waals surface area contributed by atoms with E-state index < -0.39 is 0 Å². The maximum atomic E-state index is 8.70. The van der Waals surface area contributed by atoms with Gasteiger partial charge in [0.2, 0.25) is 0 Å². The van der Waals surface area contributed by atoms with Crippen molar-refractivity contribution < 1.29 is 5.11 Å². The number of anilines is 1. The minimum Gasteiger partial charge on any atom is -0.395 e. The van der Waals surface area contributed by atoms with E-state index in [1.807, 2.05) is 24.1 Å². The third kappa shape index (κ3) is 2.46. The molecule has 0 radical (unpaired) electrons. The number of hydrogen-bond donors (Lipinski definition) is 1. The largest absolute Gasteiger partial charge is 0.395 e. The Kier molecular flexibility index (Phi) is 3.30. The zero-order valence-electron chi connectivity index (χ0n) is 7.57. The molecule has 0 aliphatic rings. The zero-order chi connectivity index (χ0) is 9.68. The first-order valence-electron chi connectivity index (χ1n) is 4.10. The molecule has 0 aromatic heterocycles. The first kappa shape index (κ1) is 9.56. The van der Waals surface area contributed by atoms with E-state index in [9.17, 15) is 0 Å². The lowest BCUT2D eigenvalue weighted by Gasteiger charge is -2.17. The lowest BCUT2D eigenvalue weighted by Crippen LogP contribution is -2.20. The van der Waals surface area contributed by atoms with Crippen LogP contribution in [-0.2, 0) is 0 Å². The molecule has 3 nitrogen and oxygen atoms in total. The summed E-state index contributed by atoms with van der Waals surface area (Å²) < 4.78 is 0. The van der Waals surface area contributed by atoms with Crippen LogP contribution < -0.4 is 4.90 Å². The van der Waals surface area contributed by atoms with Crippen molar-refractivity contribution in [1.82, 2.24) is 0 Å². The molecular formula is C10H12N2O. The normalized spacial score (nSPS) is 9.31. The third-order valence-corrected chi connectivity index (χ3v) is 1.87. The SMILES string of the molecule is CN(CCO)c1ccc(C#N)cc1. The Balaban J connectivity index is 2.75. The lowest BCUT2D eigenvalue weighted by atomic mass is 10.2. The van der Waals surface area contributed by atoms with E-state index in [2.05, 4.69) is 6.07 Å². The van der Waals surface area contributed by atoms with Gasteiger partial charge in [0.15, 0.2) is 0 Å². The smallest absolute Gasteiger partial charge is 0.0991 e. The highest BCUT2D eigenvalue weighted by molar-refractivity contribution is 5.48. The van der Waals surface area contributed by atoms with Gasteiger partial charge in [-0.05, 0) is 24.3 Å². The number of nitriles is 1. The molecule has 1 rings (SSSR count). The van der Waals surface area contributed by atoms with Gasteiger partial charge in [-0.3, -0.25) is 0 Å². The van der Waals surface area contributed by atoms with Gasteiger partial charge in [0.25, 0.3) is 0 Å². The number of hydrogen-bond acceptors (Lipinski definition) is 3. The van der Waals surface area contributed by atoms with Gasteiger partial charge in [-0.25, -0.2) is 0 Å². The van der Waals surface area contributed by atoms with Crippen molar-refractivity contribution in [2.24, 2.45) is 0 Å². The Labute approximate surface area is 77.8 Å². The average Bonchev–Trinajstić information content (AvgIpc) is 2.18. The van der Waals surface area contributed by atoms with Crippen LogP contribution in [0.3, 0.4) is 0 Å². The van der Waals surface area contributed by atoms with Gasteiger partial charge in [0.05, 0.1) is 18.2 Å². The highest BCUT2D eigenvalue weighted by atomic mass is 16.3. The van der Waals surface area contributed by atoms with Gasteiger partial charge in [-0.1, -0.05) is 0 Å². The molecule has 0 spiro atoms. The molecule has 0 atom stereocenters. The molecule has 0 bridgehead atoms. The fourth-order valence-electron chi connectivity index (χ4n) is 1.07. The summed E-state index contributed by atoms with van der Waals surface area (Å²) in [5.74, 6) is 0. The van der Waals surface area contributed by atoms with E-state index in [1.165, 1.54) is 0 Å². The van der Waals surface area contributed by atoms with Crippen molar-refractivity contribution in [2.75, 3.05) is 25.1 Å². The second-order valence-corrected chi connectivity index (χ2v) is 2.80. The summed E-state index contributed by atoms with van der Waals surface area (Å²) in [6.07, 6.45) is 0. The summed E-state index contributed by atoms with van der Waals surface area (Å²) in [4.78, 5) is 1.93. The standard InChI is InChI=1S/C10H12N2O/c1-12(6-7-13)10-4-2-9(8-11)3-5-10/h2-5,13H,6-7H2,1H3. The fraction of sp³-hybridized carbons (Fsp3) is 0.300. The predicted octanol–water partition coefficient (Wildman–Crippen LogP) is 0.987. The van der Waals surface area contributed by atoms with Crippen molar-refractivity contribution in [3.8, 4) is 6.07 Å². The van der Waals surface area contributed by atoms with E-state index in [0.717, 1.165) is 5.69 Å². The molecule has 1 aromatic rings. The van der Waals surface area contributed by atoms with Crippen LogP contribution in [0.1, 0.15) is 5.56 Å². The molecule has 0 saturated carbocycles. The Bertz CT molecular complexity index is 300. The number of aliphatic hydroxyl groups is 1. The molecule has 0 fully saturated rings. The Morgan fingerprint density at radius 1 is 1.38 bits per heavy atom. The van der Waals surface area contributed by atoms with E-state index in [0.29, 0.717) is 12.1 Å².